The van der Waals surface area contributed by atoms with Gasteiger partial charge < -0.3 is 10.1 Å². The van der Waals surface area contributed by atoms with Gasteiger partial charge in [0.25, 0.3) is 5.91 Å². The highest BCUT2D eigenvalue weighted by Crippen LogP contribution is 2.20. The molecule has 0 atom stereocenters. The van der Waals surface area contributed by atoms with Crippen molar-refractivity contribution < 1.29 is 9.53 Å². The van der Waals surface area contributed by atoms with Gasteiger partial charge in [-0.25, -0.2) is 0 Å². The van der Waals surface area contributed by atoms with Gasteiger partial charge in [-0.3, -0.25) is 9.69 Å². The molecule has 4 nitrogen and oxygen atoms in total. The Morgan fingerprint density at radius 1 is 0.893 bits per heavy atom. The second-order valence-corrected chi connectivity index (χ2v) is 7.38. The third kappa shape index (κ3) is 4.90. The SMILES string of the molecule is O=C(COc1ccc2ccccc2c1)Nc1ccc(CN2CCCCC2)cc1. The smallest absolute Gasteiger partial charge is 0.262 e. The summed E-state index contributed by atoms with van der Waals surface area (Å²) < 4.78 is 5.65. The van der Waals surface area contributed by atoms with Gasteiger partial charge >= 0.3 is 0 Å². The molecule has 3 aromatic carbocycles. The minimum absolute atomic E-state index is 0.00608. The number of carbonyl (C=O) groups is 1. The first-order valence-electron chi connectivity index (χ1n) is 9.99. The van der Waals surface area contributed by atoms with Crippen LogP contribution in [0.1, 0.15) is 24.8 Å². The Balaban J connectivity index is 1.28. The number of hydrogen-bond acceptors (Lipinski definition) is 3. The third-order valence-electron chi connectivity index (χ3n) is 5.18. The van der Waals surface area contributed by atoms with Gasteiger partial charge in [-0.2, -0.15) is 0 Å². The molecule has 1 heterocycles. The monoisotopic (exact) mass is 374 g/mol. The van der Waals surface area contributed by atoms with E-state index in [9.17, 15) is 4.79 Å². The van der Waals surface area contributed by atoms with Crippen molar-refractivity contribution >= 4 is 22.4 Å². The Kier molecular flexibility index (Phi) is 5.88. The number of ether oxygens (including phenoxy) is 1. The first kappa shape index (κ1) is 18.5. The van der Waals surface area contributed by atoms with Gasteiger partial charge in [0.1, 0.15) is 5.75 Å². The van der Waals surface area contributed by atoms with E-state index in [0.29, 0.717) is 5.75 Å². The summed E-state index contributed by atoms with van der Waals surface area (Å²) in [5, 5.41) is 5.16. The number of fused-ring (bicyclic) bond motifs is 1. The molecule has 0 spiro atoms. The summed E-state index contributed by atoms with van der Waals surface area (Å²) in [5.41, 5.74) is 2.09. The Morgan fingerprint density at radius 2 is 1.64 bits per heavy atom. The lowest BCUT2D eigenvalue weighted by atomic mass is 10.1. The zero-order chi connectivity index (χ0) is 19.2. The fourth-order valence-corrected chi connectivity index (χ4v) is 3.67. The summed E-state index contributed by atoms with van der Waals surface area (Å²) >= 11 is 0. The van der Waals surface area contributed by atoms with E-state index in [0.717, 1.165) is 23.0 Å². The maximum atomic E-state index is 12.2. The highest BCUT2D eigenvalue weighted by atomic mass is 16.5. The second kappa shape index (κ2) is 8.89. The van der Waals surface area contributed by atoms with Crippen molar-refractivity contribution in [2.24, 2.45) is 0 Å². The number of amides is 1. The predicted molar refractivity (Wildman–Crippen MR) is 114 cm³/mol. The molecule has 28 heavy (non-hydrogen) atoms. The van der Waals surface area contributed by atoms with Crippen LogP contribution in [0.25, 0.3) is 10.8 Å². The number of rotatable bonds is 6. The molecule has 1 N–H and O–H groups in total. The normalized spacial score (nSPS) is 14.7. The predicted octanol–water partition coefficient (Wildman–Crippen LogP) is 4.84. The van der Waals surface area contributed by atoms with Crippen LogP contribution in [-0.2, 0) is 11.3 Å². The molecule has 1 aliphatic rings. The molecule has 1 fully saturated rings. The van der Waals surface area contributed by atoms with Gasteiger partial charge in [-0.05, 0) is 66.5 Å². The molecule has 1 amide bonds. The van der Waals surface area contributed by atoms with Gasteiger partial charge in [0.2, 0.25) is 0 Å². The Morgan fingerprint density at radius 3 is 2.43 bits per heavy atom. The first-order chi connectivity index (χ1) is 13.8. The van der Waals surface area contributed by atoms with Crippen LogP contribution in [0.15, 0.2) is 66.7 Å². The Hall–Kier alpha value is -2.85. The van der Waals surface area contributed by atoms with E-state index in [1.807, 2.05) is 48.5 Å². The summed E-state index contributed by atoms with van der Waals surface area (Å²) in [5.74, 6) is 0.544. The molecule has 0 radical (unpaired) electrons. The molecular weight excluding hydrogens is 348 g/mol. The van der Waals surface area contributed by atoms with Crippen LogP contribution in [0.5, 0.6) is 5.75 Å². The van der Waals surface area contributed by atoms with E-state index in [1.165, 1.54) is 37.9 Å². The molecule has 0 aliphatic carbocycles. The van der Waals surface area contributed by atoms with Crippen LogP contribution in [0, 0.1) is 0 Å². The Bertz CT molecular complexity index is 931. The maximum absolute atomic E-state index is 12.2. The largest absolute Gasteiger partial charge is 0.484 e. The van der Waals surface area contributed by atoms with Gasteiger partial charge in [-0.15, -0.1) is 0 Å². The van der Waals surface area contributed by atoms with E-state index in [1.54, 1.807) is 0 Å². The lowest BCUT2D eigenvalue weighted by Crippen LogP contribution is -2.29. The third-order valence-corrected chi connectivity index (χ3v) is 5.18. The molecule has 4 heteroatoms. The number of piperidine rings is 1. The molecule has 1 aliphatic heterocycles. The summed E-state index contributed by atoms with van der Waals surface area (Å²) in [6.45, 7) is 3.35. The molecule has 144 valence electrons. The minimum Gasteiger partial charge on any atom is -0.484 e. The zero-order valence-corrected chi connectivity index (χ0v) is 16.1. The lowest BCUT2D eigenvalue weighted by molar-refractivity contribution is -0.118. The van der Waals surface area contributed by atoms with Crippen molar-refractivity contribution in [3.05, 3.63) is 72.3 Å². The second-order valence-electron chi connectivity index (χ2n) is 7.38. The van der Waals surface area contributed by atoms with E-state index in [-0.39, 0.29) is 12.5 Å². The minimum atomic E-state index is -0.156. The van der Waals surface area contributed by atoms with Crippen molar-refractivity contribution in [1.29, 1.82) is 0 Å². The van der Waals surface area contributed by atoms with Crippen LogP contribution in [-0.4, -0.2) is 30.5 Å². The van der Waals surface area contributed by atoms with Crippen molar-refractivity contribution in [2.75, 3.05) is 25.0 Å². The fraction of sp³-hybridized carbons (Fsp3) is 0.292. The van der Waals surface area contributed by atoms with E-state index >= 15 is 0 Å². The molecular formula is C24H26N2O2. The number of likely N-dealkylation sites (tertiary alicyclic amines) is 1. The van der Waals surface area contributed by atoms with Crippen molar-refractivity contribution in [3.63, 3.8) is 0 Å². The highest BCUT2D eigenvalue weighted by molar-refractivity contribution is 5.92. The maximum Gasteiger partial charge on any atom is 0.262 e. The van der Waals surface area contributed by atoms with Crippen LogP contribution < -0.4 is 10.1 Å². The number of nitrogens with zero attached hydrogens (tertiary/aromatic N) is 1. The van der Waals surface area contributed by atoms with E-state index in [2.05, 4.69) is 28.4 Å². The summed E-state index contributed by atoms with van der Waals surface area (Å²) in [4.78, 5) is 14.7. The molecule has 4 rings (SSSR count). The highest BCUT2D eigenvalue weighted by Gasteiger charge is 2.10. The van der Waals surface area contributed by atoms with Gasteiger partial charge in [0.15, 0.2) is 6.61 Å². The quantitative estimate of drug-likeness (QED) is 0.671. The average Bonchev–Trinajstić information content (AvgIpc) is 2.74. The molecule has 0 aromatic heterocycles. The molecule has 1 saturated heterocycles. The van der Waals surface area contributed by atoms with Crippen LogP contribution >= 0.6 is 0 Å². The summed E-state index contributed by atoms with van der Waals surface area (Å²) in [6, 6.07) is 22.1. The molecule has 3 aromatic rings. The summed E-state index contributed by atoms with van der Waals surface area (Å²) in [6.07, 6.45) is 3.94. The van der Waals surface area contributed by atoms with Gasteiger partial charge in [0, 0.05) is 12.2 Å². The average molecular weight is 374 g/mol. The molecule has 0 saturated carbocycles. The van der Waals surface area contributed by atoms with Crippen LogP contribution in [0.3, 0.4) is 0 Å². The fourth-order valence-electron chi connectivity index (χ4n) is 3.67. The first-order valence-corrected chi connectivity index (χ1v) is 9.99. The number of anilines is 1. The molecule has 0 bridgehead atoms. The standard InChI is InChI=1S/C24H26N2O2/c27-24(18-28-23-13-10-20-6-2-3-7-21(20)16-23)25-22-11-8-19(9-12-22)17-26-14-4-1-5-15-26/h2-3,6-13,16H,1,4-5,14-15,17-18H2,(H,25,27). The van der Waals surface area contributed by atoms with Gasteiger partial charge in [0.05, 0.1) is 0 Å². The summed E-state index contributed by atoms with van der Waals surface area (Å²) in [7, 11) is 0. The van der Waals surface area contributed by atoms with E-state index in [4.69, 9.17) is 4.74 Å². The topological polar surface area (TPSA) is 41.6 Å². The van der Waals surface area contributed by atoms with Crippen molar-refractivity contribution in [2.45, 2.75) is 25.8 Å². The zero-order valence-electron chi connectivity index (χ0n) is 16.1. The number of hydrogen-bond donors (Lipinski definition) is 1. The van der Waals surface area contributed by atoms with E-state index < -0.39 is 0 Å². The number of carbonyl (C=O) groups excluding carboxylic acids is 1. The van der Waals surface area contributed by atoms with Gasteiger partial charge in [-0.1, -0.05) is 48.9 Å². The van der Waals surface area contributed by atoms with Crippen LogP contribution in [0.4, 0.5) is 5.69 Å². The van der Waals surface area contributed by atoms with Crippen LogP contribution in [0.2, 0.25) is 0 Å². The number of benzene rings is 3. The lowest BCUT2D eigenvalue weighted by Gasteiger charge is -2.26. The Labute approximate surface area is 166 Å². The molecule has 0 unspecified atom stereocenters. The number of nitrogens with one attached hydrogen (secondary N) is 1. The van der Waals surface area contributed by atoms with Crippen molar-refractivity contribution in [3.8, 4) is 5.75 Å². The van der Waals surface area contributed by atoms with Crippen molar-refractivity contribution in [1.82, 2.24) is 4.90 Å².